The number of hydrogen-bond acceptors (Lipinski definition) is 7. The van der Waals surface area contributed by atoms with Gasteiger partial charge in [-0.25, -0.2) is 0 Å². The van der Waals surface area contributed by atoms with Crippen LogP contribution in [-0.2, 0) is 9.53 Å². The molecule has 0 aromatic rings. The second kappa shape index (κ2) is 43.5. The Kier molecular flexibility index (Phi) is 42.7. The maximum atomic E-state index is 12.8. The summed E-state index contributed by atoms with van der Waals surface area (Å²) in [4.78, 5) is 12.8. The van der Waals surface area contributed by atoms with Crippen molar-refractivity contribution in [2.24, 2.45) is 0 Å². The van der Waals surface area contributed by atoms with Crippen molar-refractivity contribution in [3.63, 3.8) is 0 Å². The second-order valence-corrected chi connectivity index (χ2v) is 16.9. The van der Waals surface area contributed by atoms with Gasteiger partial charge in [-0.2, -0.15) is 0 Å². The van der Waals surface area contributed by atoms with Crippen LogP contribution < -0.4 is 5.32 Å². The third kappa shape index (κ3) is 37.3. The maximum absolute atomic E-state index is 12.8. The van der Waals surface area contributed by atoms with Crippen LogP contribution in [0, 0.1) is 0 Å². The molecule has 5 atom stereocenters. The number of carbonyl (C=O) groups excluding carboxylic acids is 1. The number of aliphatic hydroxyl groups is 5. The van der Waals surface area contributed by atoms with Crippen LogP contribution in [0.2, 0.25) is 0 Å². The Hall–Kier alpha value is -1.03. The normalized spacial score (nSPS) is 14.6. The van der Waals surface area contributed by atoms with E-state index in [1.807, 2.05) is 0 Å². The first-order valence-electron chi connectivity index (χ1n) is 24.2. The molecule has 0 spiro atoms. The Balaban J connectivity index is 4.06. The summed E-state index contributed by atoms with van der Waals surface area (Å²) < 4.78 is 5.52. The molecule has 0 aromatic carbocycles. The van der Waals surface area contributed by atoms with Gasteiger partial charge in [-0.1, -0.05) is 212 Å². The Bertz CT molecular complexity index is 827. The second-order valence-electron chi connectivity index (χ2n) is 16.9. The molecular weight excluding hydrogens is 703 g/mol. The summed E-state index contributed by atoms with van der Waals surface area (Å²) >= 11 is 0. The van der Waals surface area contributed by atoms with Crippen molar-refractivity contribution >= 4 is 5.91 Å². The molecule has 0 aliphatic rings. The monoisotopic (exact) mass is 798 g/mol. The SMILES string of the molecule is CCC/C=C\CCCCCCCCCCCCCCCCCCCCC(=O)N[C@@H](COC[C@@H](O)C(O)CO)[C@H](O)[C@H](O)CCCCCCCCCCCCCC. The summed E-state index contributed by atoms with van der Waals surface area (Å²) in [5.74, 6) is -0.187. The van der Waals surface area contributed by atoms with E-state index in [0.717, 1.165) is 38.5 Å². The van der Waals surface area contributed by atoms with E-state index in [1.165, 1.54) is 173 Å². The third-order valence-corrected chi connectivity index (χ3v) is 11.4. The molecule has 0 bridgehead atoms. The van der Waals surface area contributed by atoms with E-state index < -0.39 is 37.1 Å². The molecule has 56 heavy (non-hydrogen) atoms. The van der Waals surface area contributed by atoms with Crippen molar-refractivity contribution in [2.75, 3.05) is 19.8 Å². The molecule has 0 rings (SSSR count). The summed E-state index contributed by atoms with van der Waals surface area (Å²) in [6.45, 7) is 3.52. The summed E-state index contributed by atoms with van der Waals surface area (Å²) in [7, 11) is 0. The lowest BCUT2D eigenvalue weighted by Crippen LogP contribution is -2.51. The molecule has 334 valence electrons. The quantitative estimate of drug-likeness (QED) is 0.0266. The van der Waals surface area contributed by atoms with Crippen molar-refractivity contribution in [1.82, 2.24) is 5.32 Å². The number of hydrogen-bond donors (Lipinski definition) is 6. The van der Waals surface area contributed by atoms with E-state index in [-0.39, 0.29) is 19.1 Å². The highest BCUT2D eigenvalue weighted by atomic mass is 16.5. The van der Waals surface area contributed by atoms with Crippen LogP contribution in [0.4, 0.5) is 0 Å². The number of ether oxygens (including phenoxy) is 1. The Labute approximate surface area is 346 Å². The van der Waals surface area contributed by atoms with Crippen molar-refractivity contribution in [3.05, 3.63) is 12.2 Å². The van der Waals surface area contributed by atoms with Gasteiger partial charge in [-0.05, 0) is 32.1 Å². The van der Waals surface area contributed by atoms with E-state index in [0.29, 0.717) is 12.8 Å². The van der Waals surface area contributed by atoms with E-state index in [4.69, 9.17) is 9.84 Å². The molecule has 8 nitrogen and oxygen atoms in total. The smallest absolute Gasteiger partial charge is 0.220 e. The average molecular weight is 798 g/mol. The van der Waals surface area contributed by atoms with Crippen LogP contribution in [-0.4, -0.2) is 81.7 Å². The lowest BCUT2D eigenvalue weighted by atomic mass is 9.99. The first kappa shape index (κ1) is 55.0. The van der Waals surface area contributed by atoms with E-state index in [1.54, 1.807) is 0 Å². The van der Waals surface area contributed by atoms with Crippen molar-refractivity contribution in [1.29, 1.82) is 0 Å². The van der Waals surface area contributed by atoms with Gasteiger partial charge in [0.05, 0.1) is 32.0 Å². The number of nitrogens with one attached hydrogen (secondary N) is 1. The molecule has 0 aliphatic carbocycles. The fraction of sp³-hybridized carbons (Fsp3) is 0.938. The van der Waals surface area contributed by atoms with Gasteiger partial charge in [-0.3, -0.25) is 4.79 Å². The minimum absolute atomic E-state index is 0.116. The van der Waals surface area contributed by atoms with Gasteiger partial charge in [0.15, 0.2) is 0 Å². The van der Waals surface area contributed by atoms with Gasteiger partial charge in [0.25, 0.3) is 0 Å². The molecule has 0 aliphatic heterocycles. The van der Waals surface area contributed by atoms with Crippen molar-refractivity contribution < 1.29 is 35.1 Å². The van der Waals surface area contributed by atoms with Crippen LogP contribution in [0.5, 0.6) is 0 Å². The van der Waals surface area contributed by atoms with Crippen LogP contribution in [0.25, 0.3) is 0 Å². The lowest BCUT2D eigenvalue weighted by molar-refractivity contribution is -0.125. The Morgan fingerprint density at radius 2 is 0.893 bits per heavy atom. The summed E-state index contributed by atoms with van der Waals surface area (Å²) in [6.07, 6.45) is 42.2. The minimum Gasteiger partial charge on any atom is -0.394 e. The first-order valence-corrected chi connectivity index (χ1v) is 24.2. The van der Waals surface area contributed by atoms with Gasteiger partial charge in [0.1, 0.15) is 18.3 Å². The largest absolute Gasteiger partial charge is 0.394 e. The van der Waals surface area contributed by atoms with Gasteiger partial charge < -0.3 is 35.6 Å². The Morgan fingerprint density at radius 3 is 1.34 bits per heavy atom. The van der Waals surface area contributed by atoms with Crippen LogP contribution >= 0.6 is 0 Å². The van der Waals surface area contributed by atoms with Crippen LogP contribution in [0.1, 0.15) is 239 Å². The van der Waals surface area contributed by atoms with Gasteiger partial charge in [-0.15, -0.1) is 0 Å². The molecule has 0 aromatic heterocycles. The van der Waals surface area contributed by atoms with E-state index in [9.17, 15) is 25.2 Å². The average Bonchev–Trinajstić information content (AvgIpc) is 3.20. The molecule has 8 heteroatoms. The number of allylic oxidation sites excluding steroid dienone is 2. The summed E-state index contributed by atoms with van der Waals surface area (Å²) in [5.41, 5.74) is 0. The van der Waals surface area contributed by atoms with Crippen molar-refractivity contribution in [2.45, 2.75) is 269 Å². The molecular formula is C48H95NO7. The molecule has 0 saturated heterocycles. The molecule has 1 amide bonds. The van der Waals surface area contributed by atoms with Crippen LogP contribution in [0.15, 0.2) is 12.2 Å². The third-order valence-electron chi connectivity index (χ3n) is 11.4. The predicted molar refractivity (Wildman–Crippen MR) is 236 cm³/mol. The highest BCUT2D eigenvalue weighted by Gasteiger charge is 2.28. The first-order chi connectivity index (χ1) is 27.4. The minimum atomic E-state index is -1.33. The zero-order valence-corrected chi connectivity index (χ0v) is 37.0. The fourth-order valence-electron chi connectivity index (χ4n) is 7.47. The molecule has 0 heterocycles. The number of unbranched alkanes of at least 4 members (excludes halogenated alkanes) is 30. The Morgan fingerprint density at radius 1 is 0.482 bits per heavy atom. The number of rotatable bonds is 45. The van der Waals surface area contributed by atoms with Gasteiger partial charge in [0.2, 0.25) is 5.91 Å². The molecule has 0 saturated carbocycles. The van der Waals surface area contributed by atoms with E-state index >= 15 is 0 Å². The van der Waals surface area contributed by atoms with Crippen LogP contribution in [0.3, 0.4) is 0 Å². The molecule has 0 fully saturated rings. The number of aliphatic hydroxyl groups excluding tert-OH is 5. The standard InChI is InChI=1S/C48H95NO7/c1-3-5-7-9-11-13-15-17-18-19-20-21-22-23-24-25-26-27-29-31-33-35-37-39-47(54)49-43(41-56-42-46(53)45(52)40-50)48(55)44(51)38-36-34-32-30-28-16-14-12-10-8-6-4-2/h7,9,43-46,48,50-53,55H,3-6,8,10-42H2,1-2H3,(H,49,54)/b9-7-/t43-,44+,45?,46+,48-/m0/s1. The number of carbonyl (C=O) groups is 1. The maximum Gasteiger partial charge on any atom is 0.220 e. The molecule has 1 unspecified atom stereocenters. The summed E-state index contributed by atoms with van der Waals surface area (Å²) in [5, 5.41) is 53.3. The zero-order valence-electron chi connectivity index (χ0n) is 37.0. The fourth-order valence-corrected chi connectivity index (χ4v) is 7.47. The number of amides is 1. The lowest BCUT2D eigenvalue weighted by Gasteiger charge is -2.28. The van der Waals surface area contributed by atoms with Gasteiger partial charge >= 0.3 is 0 Å². The highest BCUT2D eigenvalue weighted by Crippen LogP contribution is 2.17. The predicted octanol–water partition coefficient (Wildman–Crippen LogP) is 11.2. The van der Waals surface area contributed by atoms with Gasteiger partial charge in [0, 0.05) is 6.42 Å². The summed E-state index contributed by atoms with van der Waals surface area (Å²) in [6, 6.07) is -0.837. The zero-order chi connectivity index (χ0) is 41.2. The highest BCUT2D eigenvalue weighted by molar-refractivity contribution is 5.76. The van der Waals surface area contributed by atoms with Crippen molar-refractivity contribution in [3.8, 4) is 0 Å². The topological polar surface area (TPSA) is 139 Å². The van der Waals surface area contributed by atoms with E-state index in [2.05, 4.69) is 31.3 Å². The molecule has 0 radical (unpaired) electrons. The molecule has 6 N–H and O–H groups in total.